The first-order valence-electron chi connectivity index (χ1n) is 6.11. The molecule has 0 saturated heterocycles. The van der Waals surface area contributed by atoms with E-state index >= 15 is 0 Å². The SMILES string of the molecule is COCCCn1ccnc1-c1ccc2nonc2c1. The fourth-order valence-corrected chi connectivity index (χ4v) is 2.05. The molecular weight excluding hydrogens is 244 g/mol. The van der Waals surface area contributed by atoms with Crippen molar-refractivity contribution in [3.63, 3.8) is 0 Å². The van der Waals surface area contributed by atoms with E-state index in [1.54, 1.807) is 13.3 Å². The standard InChI is InChI=1S/C13H14N4O2/c1-18-8-2-6-17-7-5-14-13(17)10-3-4-11-12(9-10)16-19-15-11/h3-5,7,9H,2,6,8H2,1H3. The number of nitrogens with zero attached hydrogens (tertiary/aromatic N) is 4. The Balaban J connectivity index is 1.90. The first-order chi connectivity index (χ1) is 9.38. The van der Waals surface area contributed by atoms with Crippen molar-refractivity contribution in [3.05, 3.63) is 30.6 Å². The van der Waals surface area contributed by atoms with E-state index in [2.05, 4.69) is 19.9 Å². The van der Waals surface area contributed by atoms with Crippen molar-refractivity contribution in [2.24, 2.45) is 0 Å². The zero-order chi connectivity index (χ0) is 13.1. The molecule has 0 atom stereocenters. The largest absolute Gasteiger partial charge is 0.385 e. The first-order valence-corrected chi connectivity index (χ1v) is 6.11. The zero-order valence-corrected chi connectivity index (χ0v) is 10.6. The normalized spacial score (nSPS) is 11.2. The van der Waals surface area contributed by atoms with Crippen LogP contribution in [0.1, 0.15) is 6.42 Å². The van der Waals surface area contributed by atoms with Crippen LogP contribution >= 0.6 is 0 Å². The quantitative estimate of drug-likeness (QED) is 0.656. The van der Waals surface area contributed by atoms with Crippen molar-refractivity contribution in [3.8, 4) is 11.4 Å². The van der Waals surface area contributed by atoms with Gasteiger partial charge in [0.25, 0.3) is 0 Å². The van der Waals surface area contributed by atoms with Crippen LogP contribution in [0, 0.1) is 0 Å². The molecule has 0 bridgehead atoms. The number of aromatic nitrogens is 4. The molecule has 3 aromatic rings. The predicted octanol–water partition coefficient (Wildman–Crippen LogP) is 2.12. The van der Waals surface area contributed by atoms with Crippen molar-refractivity contribution in [2.45, 2.75) is 13.0 Å². The average molecular weight is 258 g/mol. The third-order valence-corrected chi connectivity index (χ3v) is 2.97. The Morgan fingerprint density at radius 3 is 3.05 bits per heavy atom. The van der Waals surface area contributed by atoms with E-state index in [1.165, 1.54) is 0 Å². The van der Waals surface area contributed by atoms with E-state index in [-0.39, 0.29) is 0 Å². The molecular formula is C13H14N4O2. The highest BCUT2D eigenvalue weighted by Gasteiger charge is 2.08. The lowest BCUT2D eigenvalue weighted by atomic mass is 10.2. The molecule has 19 heavy (non-hydrogen) atoms. The number of aryl methyl sites for hydroxylation is 1. The van der Waals surface area contributed by atoms with Gasteiger partial charge in [0, 0.05) is 38.2 Å². The Kier molecular flexibility index (Phi) is 3.24. The van der Waals surface area contributed by atoms with E-state index in [0.717, 1.165) is 42.0 Å². The summed E-state index contributed by atoms with van der Waals surface area (Å²) in [6.07, 6.45) is 4.72. The van der Waals surface area contributed by atoms with Gasteiger partial charge in [0.1, 0.15) is 16.9 Å². The van der Waals surface area contributed by atoms with Crippen LogP contribution in [0.4, 0.5) is 0 Å². The molecule has 3 rings (SSSR count). The van der Waals surface area contributed by atoms with Crippen LogP contribution in [0.15, 0.2) is 35.2 Å². The molecule has 6 heteroatoms. The van der Waals surface area contributed by atoms with Gasteiger partial charge in [-0.25, -0.2) is 9.61 Å². The van der Waals surface area contributed by atoms with Crippen LogP contribution in [-0.4, -0.2) is 33.6 Å². The molecule has 0 spiro atoms. The second-order valence-electron chi connectivity index (χ2n) is 4.26. The van der Waals surface area contributed by atoms with Gasteiger partial charge in [0.15, 0.2) is 0 Å². The van der Waals surface area contributed by atoms with Gasteiger partial charge in [-0.15, -0.1) is 0 Å². The van der Waals surface area contributed by atoms with Gasteiger partial charge in [-0.3, -0.25) is 0 Å². The second-order valence-corrected chi connectivity index (χ2v) is 4.26. The summed E-state index contributed by atoms with van der Waals surface area (Å²) in [5.74, 6) is 0.918. The monoisotopic (exact) mass is 258 g/mol. The van der Waals surface area contributed by atoms with Gasteiger partial charge in [-0.05, 0) is 34.9 Å². The van der Waals surface area contributed by atoms with Gasteiger partial charge in [-0.1, -0.05) is 0 Å². The van der Waals surface area contributed by atoms with E-state index in [4.69, 9.17) is 9.37 Å². The fourth-order valence-electron chi connectivity index (χ4n) is 2.05. The van der Waals surface area contributed by atoms with E-state index < -0.39 is 0 Å². The Morgan fingerprint density at radius 2 is 2.16 bits per heavy atom. The van der Waals surface area contributed by atoms with Crippen molar-refractivity contribution in [2.75, 3.05) is 13.7 Å². The maximum atomic E-state index is 5.07. The highest BCUT2D eigenvalue weighted by Crippen LogP contribution is 2.21. The topological polar surface area (TPSA) is 66.0 Å². The smallest absolute Gasteiger partial charge is 0.139 e. The summed E-state index contributed by atoms with van der Waals surface area (Å²) >= 11 is 0. The predicted molar refractivity (Wildman–Crippen MR) is 69.5 cm³/mol. The number of fused-ring (bicyclic) bond motifs is 1. The molecule has 0 aliphatic carbocycles. The van der Waals surface area contributed by atoms with Crippen molar-refractivity contribution < 1.29 is 9.37 Å². The number of hydrogen-bond donors (Lipinski definition) is 0. The lowest BCUT2D eigenvalue weighted by molar-refractivity contribution is 0.190. The summed E-state index contributed by atoms with van der Waals surface area (Å²) in [5, 5.41) is 7.65. The molecule has 0 saturated carbocycles. The van der Waals surface area contributed by atoms with Crippen LogP contribution < -0.4 is 0 Å². The molecule has 0 radical (unpaired) electrons. The number of imidazole rings is 1. The molecule has 0 fully saturated rings. The first kappa shape index (κ1) is 11.9. The van der Waals surface area contributed by atoms with Crippen molar-refractivity contribution in [1.82, 2.24) is 19.9 Å². The summed E-state index contributed by atoms with van der Waals surface area (Å²) in [6, 6.07) is 5.79. The lowest BCUT2D eigenvalue weighted by Gasteiger charge is -2.07. The minimum absolute atomic E-state index is 0.740. The molecule has 2 aromatic heterocycles. The third kappa shape index (κ3) is 2.34. The fraction of sp³-hybridized carbons (Fsp3) is 0.308. The molecule has 0 aliphatic heterocycles. The van der Waals surface area contributed by atoms with Crippen LogP contribution in [0.3, 0.4) is 0 Å². The molecule has 6 nitrogen and oxygen atoms in total. The van der Waals surface area contributed by atoms with Crippen LogP contribution in [-0.2, 0) is 11.3 Å². The minimum Gasteiger partial charge on any atom is -0.385 e. The van der Waals surface area contributed by atoms with Gasteiger partial charge >= 0.3 is 0 Å². The summed E-state index contributed by atoms with van der Waals surface area (Å²) in [6.45, 7) is 1.61. The molecule has 0 amide bonds. The highest BCUT2D eigenvalue weighted by atomic mass is 16.6. The van der Waals surface area contributed by atoms with Gasteiger partial charge in [0.2, 0.25) is 0 Å². The Hall–Kier alpha value is -2.21. The Labute approximate surface area is 110 Å². The van der Waals surface area contributed by atoms with Crippen LogP contribution in [0.2, 0.25) is 0 Å². The lowest BCUT2D eigenvalue weighted by Crippen LogP contribution is -2.02. The third-order valence-electron chi connectivity index (χ3n) is 2.97. The van der Waals surface area contributed by atoms with Crippen molar-refractivity contribution >= 4 is 11.0 Å². The van der Waals surface area contributed by atoms with Gasteiger partial charge in [0.05, 0.1) is 0 Å². The van der Waals surface area contributed by atoms with Crippen molar-refractivity contribution in [1.29, 1.82) is 0 Å². The summed E-state index contributed by atoms with van der Waals surface area (Å²) in [5.41, 5.74) is 2.50. The maximum Gasteiger partial charge on any atom is 0.139 e. The number of hydrogen-bond acceptors (Lipinski definition) is 5. The highest BCUT2D eigenvalue weighted by molar-refractivity contribution is 5.78. The number of methoxy groups -OCH3 is 1. The molecule has 0 unspecified atom stereocenters. The summed E-state index contributed by atoms with van der Waals surface area (Å²) < 4.78 is 11.9. The zero-order valence-electron chi connectivity index (χ0n) is 10.6. The molecule has 1 aromatic carbocycles. The molecule has 2 heterocycles. The molecule has 0 N–H and O–H groups in total. The number of ether oxygens (including phenoxy) is 1. The molecule has 98 valence electrons. The van der Waals surface area contributed by atoms with E-state index in [0.29, 0.717) is 0 Å². The number of rotatable bonds is 5. The maximum absolute atomic E-state index is 5.07. The van der Waals surface area contributed by atoms with E-state index in [1.807, 2.05) is 24.4 Å². The van der Waals surface area contributed by atoms with Gasteiger partial charge in [-0.2, -0.15) is 0 Å². The Bertz CT molecular complexity index is 674. The number of benzene rings is 1. The van der Waals surface area contributed by atoms with Gasteiger partial charge < -0.3 is 9.30 Å². The minimum atomic E-state index is 0.740. The summed E-state index contributed by atoms with van der Waals surface area (Å²) in [7, 11) is 1.71. The Morgan fingerprint density at radius 1 is 1.26 bits per heavy atom. The van der Waals surface area contributed by atoms with Crippen LogP contribution in [0.5, 0.6) is 0 Å². The summed E-state index contributed by atoms with van der Waals surface area (Å²) in [4.78, 5) is 4.40. The average Bonchev–Trinajstić information content (AvgIpc) is 3.06. The van der Waals surface area contributed by atoms with Crippen LogP contribution in [0.25, 0.3) is 22.4 Å². The van der Waals surface area contributed by atoms with E-state index in [9.17, 15) is 0 Å². The second kappa shape index (κ2) is 5.19. The molecule has 0 aliphatic rings.